The van der Waals surface area contributed by atoms with Crippen LogP contribution in [0.15, 0.2) is 24.5 Å². The first-order valence-electron chi connectivity index (χ1n) is 5.92. The SMILES string of the molecule is ClCCC1(CNc2ccn3nccc3n2)CC1. The molecule has 0 saturated heterocycles. The molecule has 0 aromatic carbocycles. The number of anilines is 1. The zero-order chi connectivity index (χ0) is 11.7. The van der Waals surface area contributed by atoms with Gasteiger partial charge in [-0.2, -0.15) is 5.10 Å². The molecule has 1 N–H and O–H groups in total. The van der Waals surface area contributed by atoms with Gasteiger partial charge in [0.25, 0.3) is 0 Å². The normalized spacial score (nSPS) is 17.2. The Bertz CT molecular complexity index is 518. The van der Waals surface area contributed by atoms with Crippen LogP contribution in [-0.4, -0.2) is 27.0 Å². The van der Waals surface area contributed by atoms with E-state index in [1.54, 1.807) is 10.7 Å². The molecule has 0 unspecified atom stereocenters. The molecule has 0 bridgehead atoms. The lowest BCUT2D eigenvalue weighted by atomic mass is 10.0. The minimum Gasteiger partial charge on any atom is -0.369 e. The van der Waals surface area contributed by atoms with Gasteiger partial charge < -0.3 is 5.32 Å². The van der Waals surface area contributed by atoms with Gasteiger partial charge in [0, 0.05) is 24.7 Å². The van der Waals surface area contributed by atoms with Crippen LogP contribution < -0.4 is 5.32 Å². The molecule has 2 aromatic heterocycles. The molecular weight excluding hydrogens is 236 g/mol. The van der Waals surface area contributed by atoms with E-state index in [-0.39, 0.29) is 0 Å². The van der Waals surface area contributed by atoms with E-state index < -0.39 is 0 Å². The molecule has 3 rings (SSSR count). The van der Waals surface area contributed by atoms with Crippen molar-refractivity contribution in [3.63, 3.8) is 0 Å². The Morgan fingerprint density at radius 2 is 2.29 bits per heavy atom. The van der Waals surface area contributed by atoms with Gasteiger partial charge in [0.05, 0.1) is 6.20 Å². The standard InChI is InChI=1S/C12H15ClN4/c13-6-5-12(3-4-12)9-14-10-2-8-17-11(16-10)1-7-15-17/h1-2,7-8H,3-6,9H2,(H,14,16). The average Bonchev–Trinajstić information content (AvgIpc) is 2.95. The number of aromatic nitrogens is 3. The Hall–Kier alpha value is -1.29. The number of halogens is 1. The van der Waals surface area contributed by atoms with E-state index in [1.165, 1.54) is 12.8 Å². The summed E-state index contributed by atoms with van der Waals surface area (Å²) in [6.45, 7) is 0.969. The number of alkyl halides is 1. The second-order valence-corrected chi connectivity index (χ2v) is 5.12. The van der Waals surface area contributed by atoms with Gasteiger partial charge in [-0.05, 0) is 30.7 Å². The predicted octanol–water partition coefficient (Wildman–Crippen LogP) is 2.55. The predicted molar refractivity (Wildman–Crippen MR) is 68.5 cm³/mol. The van der Waals surface area contributed by atoms with Crippen molar-refractivity contribution < 1.29 is 0 Å². The van der Waals surface area contributed by atoms with Crippen molar-refractivity contribution in [2.75, 3.05) is 17.7 Å². The molecule has 1 fully saturated rings. The maximum absolute atomic E-state index is 5.82. The Balaban J connectivity index is 1.68. The van der Waals surface area contributed by atoms with Gasteiger partial charge in [0.15, 0.2) is 5.65 Å². The van der Waals surface area contributed by atoms with Gasteiger partial charge in [-0.15, -0.1) is 11.6 Å². The molecule has 5 heteroatoms. The Kier molecular flexibility index (Phi) is 2.67. The fourth-order valence-electron chi connectivity index (χ4n) is 2.08. The van der Waals surface area contributed by atoms with E-state index in [1.807, 2.05) is 18.3 Å². The third-order valence-corrected chi connectivity index (χ3v) is 3.67. The van der Waals surface area contributed by atoms with E-state index in [9.17, 15) is 0 Å². The van der Waals surface area contributed by atoms with Crippen molar-refractivity contribution in [3.8, 4) is 0 Å². The summed E-state index contributed by atoms with van der Waals surface area (Å²) in [5, 5.41) is 7.52. The number of nitrogens with one attached hydrogen (secondary N) is 1. The van der Waals surface area contributed by atoms with Crippen molar-refractivity contribution in [2.24, 2.45) is 5.41 Å². The maximum Gasteiger partial charge on any atom is 0.157 e. The van der Waals surface area contributed by atoms with Crippen molar-refractivity contribution in [1.82, 2.24) is 14.6 Å². The summed E-state index contributed by atoms with van der Waals surface area (Å²) in [5.74, 6) is 1.66. The van der Waals surface area contributed by atoms with Crippen LogP contribution in [0, 0.1) is 5.41 Å². The highest BCUT2D eigenvalue weighted by atomic mass is 35.5. The number of hydrogen-bond donors (Lipinski definition) is 1. The number of hydrogen-bond acceptors (Lipinski definition) is 3. The topological polar surface area (TPSA) is 42.2 Å². The van der Waals surface area contributed by atoms with Crippen molar-refractivity contribution in [1.29, 1.82) is 0 Å². The molecule has 4 nitrogen and oxygen atoms in total. The van der Waals surface area contributed by atoms with Crippen LogP contribution in [0.25, 0.3) is 5.65 Å². The van der Waals surface area contributed by atoms with Crippen molar-refractivity contribution in [3.05, 3.63) is 24.5 Å². The Morgan fingerprint density at radius 3 is 3.06 bits per heavy atom. The lowest BCUT2D eigenvalue weighted by Gasteiger charge is -2.14. The van der Waals surface area contributed by atoms with Crippen LogP contribution in [0.1, 0.15) is 19.3 Å². The second kappa shape index (κ2) is 4.18. The maximum atomic E-state index is 5.82. The summed E-state index contributed by atoms with van der Waals surface area (Å²) in [6.07, 6.45) is 7.33. The van der Waals surface area contributed by atoms with Crippen LogP contribution in [-0.2, 0) is 0 Å². The first-order valence-corrected chi connectivity index (χ1v) is 6.45. The van der Waals surface area contributed by atoms with Crippen molar-refractivity contribution >= 4 is 23.1 Å². The van der Waals surface area contributed by atoms with E-state index in [4.69, 9.17) is 11.6 Å². The lowest BCUT2D eigenvalue weighted by Crippen LogP contribution is -2.16. The third kappa shape index (κ3) is 2.22. The van der Waals surface area contributed by atoms with E-state index in [0.29, 0.717) is 5.41 Å². The highest BCUT2D eigenvalue weighted by Gasteiger charge is 2.41. The minimum atomic E-state index is 0.426. The molecule has 2 aromatic rings. The summed E-state index contributed by atoms with van der Waals surface area (Å²) in [6, 6.07) is 3.85. The Morgan fingerprint density at radius 1 is 1.41 bits per heavy atom. The molecule has 0 spiro atoms. The quantitative estimate of drug-likeness (QED) is 0.830. The Labute approximate surface area is 105 Å². The van der Waals surface area contributed by atoms with Gasteiger partial charge >= 0.3 is 0 Å². The first kappa shape index (κ1) is 10.8. The largest absolute Gasteiger partial charge is 0.369 e. The van der Waals surface area contributed by atoms with Gasteiger partial charge in [-0.1, -0.05) is 0 Å². The fourth-order valence-corrected chi connectivity index (χ4v) is 2.48. The zero-order valence-corrected chi connectivity index (χ0v) is 10.3. The van der Waals surface area contributed by atoms with Crippen LogP contribution >= 0.6 is 11.6 Å². The van der Waals surface area contributed by atoms with Gasteiger partial charge in [-0.25, -0.2) is 9.50 Å². The second-order valence-electron chi connectivity index (χ2n) is 4.74. The fraction of sp³-hybridized carbons (Fsp3) is 0.500. The van der Waals surface area contributed by atoms with Gasteiger partial charge in [0.1, 0.15) is 5.82 Å². The van der Waals surface area contributed by atoms with Crippen LogP contribution in [0.3, 0.4) is 0 Å². The van der Waals surface area contributed by atoms with Crippen LogP contribution in [0.2, 0.25) is 0 Å². The first-order chi connectivity index (χ1) is 8.31. The van der Waals surface area contributed by atoms with Crippen LogP contribution in [0.5, 0.6) is 0 Å². The molecule has 0 aliphatic heterocycles. The highest BCUT2D eigenvalue weighted by molar-refractivity contribution is 6.17. The molecule has 1 aliphatic rings. The molecule has 1 saturated carbocycles. The highest BCUT2D eigenvalue weighted by Crippen LogP contribution is 2.48. The van der Waals surface area contributed by atoms with Gasteiger partial charge in [0.2, 0.25) is 0 Å². The summed E-state index contributed by atoms with van der Waals surface area (Å²) in [5.41, 5.74) is 1.30. The molecule has 0 atom stereocenters. The molecule has 90 valence electrons. The minimum absolute atomic E-state index is 0.426. The van der Waals surface area contributed by atoms with Crippen molar-refractivity contribution in [2.45, 2.75) is 19.3 Å². The third-order valence-electron chi connectivity index (χ3n) is 3.48. The molecule has 0 amide bonds. The number of rotatable bonds is 5. The summed E-state index contributed by atoms with van der Waals surface area (Å²) in [4.78, 5) is 4.48. The smallest absolute Gasteiger partial charge is 0.157 e. The van der Waals surface area contributed by atoms with E-state index >= 15 is 0 Å². The number of nitrogens with zero attached hydrogens (tertiary/aromatic N) is 3. The average molecular weight is 251 g/mol. The van der Waals surface area contributed by atoms with Gasteiger partial charge in [-0.3, -0.25) is 0 Å². The molecule has 17 heavy (non-hydrogen) atoms. The monoisotopic (exact) mass is 250 g/mol. The van der Waals surface area contributed by atoms with Crippen LogP contribution in [0.4, 0.5) is 5.82 Å². The molecule has 0 radical (unpaired) electrons. The summed E-state index contributed by atoms with van der Waals surface area (Å²) < 4.78 is 1.76. The molecular formula is C12H15ClN4. The molecule has 2 heterocycles. The van der Waals surface area contributed by atoms with E-state index in [0.717, 1.165) is 30.3 Å². The lowest BCUT2D eigenvalue weighted by molar-refractivity contribution is 0.524. The summed E-state index contributed by atoms with van der Waals surface area (Å²) >= 11 is 5.82. The number of fused-ring (bicyclic) bond motifs is 1. The zero-order valence-electron chi connectivity index (χ0n) is 9.56. The molecule has 1 aliphatic carbocycles. The van der Waals surface area contributed by atoms with E-state index in [2.05, 4.69) is 15.4 Å². The summed E-state index contributed by atoms with van der Waals surface area (Å²) in [7, 11) is 0.